The molecule has 0 bridgehead atoms. The van der Waals surface area contributed by atoms with Crippen molar-refractivity contribution in [2.24, 2.45) is 0 Å². The average molecular weight is 304 g/mol. The molecule has 4 heteroatoms. The molecule has 4 rings (SSSR count). The number of fused-ring (bicyclic) bond motifs is 5. The zero-order valence-corrected chi connectivity index (χ0v) is 13.4. The molecule has 0 saturated heterocycles. The van der Waals surface area contributed by atoms with Crippen molar-refractivity contribution in [3.8, 4) is 0 Å². The SMILES string of the molecule is CNCCN(C)c1nc2ccccc2c2[nH]c3ccccc3c12. The van der Waals surface area contributed by atoms with E-state index in [0.717, 1.165) is 29.9 Å². The lowest BCUT2D eigenvalue weighted by molar-refractivity contribution is 0.764. The Hall–Kier alpha value is -2.59. The molecule has 0 unspecified atom stereocenters. The number of H-pyrrole nitrogens is 1. The molecule has 23 heavy (non-hydrogen) atoms. The molecule has 4 nitrogen and oxygen atoms in total. The molecule has 2 N–H and O–H groups in total. The Kier molecular flexibility index (Phi) is 3.39. The number of nitrogens with one attached hydrogen (secondary N) is 2. The second-order valence-corrected chi connectivity index (χ2v) is 5.90. The summed E-state index contributed by atoms with van der Waals surface area (Å²) in [5.74, 6) is 1.03. The maximum absolute atomic E-state index is 4.96. The van der Waals surface area contributed by atoms with Crippen LogP contribution in [-0.2, 0) is 0 Å². The third-order valence-electron chi connectivity index (χ3n) is 4.39. The van der Waals surface area contributed by atoms with E-state index in [1.54, 1.807) is 0 Å². The van der Waals surface area contributed by atoms with E-state index in [1.165, 1.54) is 21.7 Å². The van der Waals surface area contributed by atoms with Crippen LogP contribution in [0.2, 0.25) is 0 Å². The van der Waals surface area contributed by atoms with E-state index in [-0.39, 0.29) is 0 Å². The van der Waals surface area contributed by atoms with Gasteiger partial charge in [-0.1, -0.05) is 36.4 Å². The van der Waals surface area contributed by atoms with Crippen molar-refractivity contribution in [3.63, 3.8) is 0 Å². The molecule has 0 radical (unpaired) electrons. The highest BCUT2D eigenvalue weighted by Crippen LogP contribution is 2.36. The Morgan fingerprint density at radius 1 is 1.04 bits per heavy atom. The van der Waals surface area contributed by atoms with Gasteiger partial charge in [0.1, 0.15) is 5.82 Å². The van der Waals surface area contributed by atoms with Gasteiger partial charge in [-0.05, 0) is 19.2 Å². The number of hydrogen-bond donors (Lipinski definition) is 2. The van der Waals surface area contributed by atoms with Crippen LogP contribution in [0, 0.1) is 0 Å². The first-order valence-corrected chi connectivity index (χ1v) is 7.94. The molecule has 0 saturated carbocycles. The van der Waals surface area contributed by atoms with E-state index in [4.69, 9.17) is 4.98 Å². The summed E-state index contributed by atoms with van der Waals surface area (Å²) in [5.41, 5.74) is 3.35. The van der Waals surface area contributed by atoms with Gasteiger partial charge in [0.2, 0.25) is 0 Å². The molecule has 2 aromatic heterocycles. The number of hydrogen-bond acceptors (Lipinski definition) is 3. The summed E-state index contributed by atoms with van der Waals surface area (Å²) in [5, 5.41) is 6.81. The van der Waals surface area contributed by atoms with Crippen molar-refractivity contribution in [3.05, 3.63) is 48.5 Å². The smallest absolute Gasteiger partial charge is 0.139 e. The summed E-state index contributed by atoms with van der Waals surface area (Å²) in [4.78, 5) is 10.8. The first-order chi connectivity index (χ1) is 11.3. The Balaban J connectivity index is 2.09. The molecule has 0 atom stereocenters. The van der Waals surface area contributed by atoms with E-state index < -0.39 is 0 Å². The second-order valence-electron chi connectivity index (χ2n) is 5.90. The topological polar surface area (TPSA) is 44.0 Å². The first kappa shape index (κ1) is 14.0. The molecule has 0 fully saturated rings. The molecule has 116 valence electrons. The maximum atomic E-state index is 4.96. The summed E-state index contributed by atoms with van der Waals surface area (Å²) in [7, 11) is 4.08. The summed E-state index contributed by atoms with van der Waals surface area (Å²) >= 11 is 0. The van der Waals surface area contributed by atoms with Crippen molar-refractivity contribution in [2.75, 3.05) is 32.1 Å². The third-order valence-corrected chi connectivity index (χ3v) is 4.39. The van der Waals surface area contributed by atoms with Crippen molar-refractivity contribution >= 4 is 38.5 Å². The standard InChI is InChI=1S/C19H20N4/c1-20-11-12-23(2)19-17-13-7-3-5-9-15(13)21-18(17)14-8-4-6-10-16(14)22-19/h3-10,20-21H,11-12H2,1-2H3. The number of aromatic amines is 1. The number of anilines is 1. The molecule has 0 aliphatic carbocycles. The molecule has 0 aliphatic rings. The highest BCUT2D eigenvalue weighted by atomic mass is 15.2. The summed E-state index contributed by atoms with van der Waals surface area (Å²) < 4.78 is 0. The lowest BCUT2D eigenvalue weighted by Crippen LogP contribution is -2.27. The number of nitrogens with zero attached hydrogens (tertiary/aromatic N) is 2. The van der Waals surface area contributed by atoms with Crippen LogP contribution >= 0.6 is 0 Å². The minimum Gasteiger partial charge on any atom is -0.358 e. The van der Waals surface area contributed by atoms with Crippen LogP contribution in [0.3, 0.4) is 0 Å². The normalized spacial score (nSPS) is 11.6. The predicted molar refractivity (Wildman–Crippen MR) is 98.3 cm³/mol. The number of rotatable bonds is 4. The quantitative estimate of drug-likeness (QED) is 0.606. The Bertz CT molecular complexity index is 987. The largest absolute Gasteiger partial charge is 0.358 e. The monoisotopic (exact) mass is 304 g/mol. The van der Waals surface area contributed by atoms with Gasteiger partial charge in [-0.25, -0.2) is 4.98 Å². The molecule has 4 aromatic rings. The fourth-order valence-electron chi connectivity index (χ4n) is 3.19. The summed E-state index contributed by atoms with van der Waals surface area (Å²) in [6.45, 7) is 1.84. The van der Waals surface area contributed by atoms with Crippen LogP contribution in [0.15, 0.2) is 48.5 Å². The van der Waals surface area contributed by atoms with Crippen LogP contribution in [0.5, 0.6) is 0 Å². The molecule has 0 amide bonds. The molecular formula is C19H20N4. The summed E-state index contributed by atoms with van der Waals surface area (Å²) in [6, 6.07) is 16.8. The van der Waals surface area contributed by atoms with Gasteiger partial charge in [-0.15, -0.1) is 0 Å². The molecule has 0 aliphatic heterocycles. The van der Waals surface area contributed by atoms with Gasteiger partial charge in [0, 0.05) is 36.4 Å². The van der Waals surface area contributed by atoms with Crippen LogP contribution in [0.1, 0.15) is 0 Å². The van der Waals surface area contributed by atoms with Gasteiger partial charge >= 0.3 is 0 Å². The number of para-hydroxylation sites is 2. The zero-order valence-electron chi connectivity index (χ0n) is 13.4. The zero-order chi connectivity index (χ0) is 15.8. The first-order valence-electron chi connectivity index (χ1n) is 7.94. The molecule has 0 spiro atoms. The molecular weight excluding hydrogens is 284 g/mol. The minimum atomic E-state index is 0.913. The Labute approximate surface area is 135 Å². The van der Waals surface area contributed by atoms with Gasteiger partial charge < -0.3 is 15.2 Å². The maximum Gasteiger partial charge on any atom is 0.139 e. The minimum absolute atomic E-state index is 0.913. The Morgan fingerprint density at radius 3 is 2.61 bits per heavy atom. The van der Waals surface area contributed by atoms with Crippen molar-refractivity contribution in [1.29, 1.82) is 0 Å². The number of aromatic nitrogens is 2. The fraction of sp³-hybridized carbons (Fsp3) is 0.211. The van der Waals surface area contributed by atoms with Gasteiger partial charge in [0.05, 0.1) is 16.4 Å². The highest BCUT2D eigenvalue weighted by Gasteiger charge is 2.16. The van der Waals surface area contributed by atoms with Crippen LogP contribution < -0.4 is 10.2 Å². The average Bonchev–Trinajstić information content (AvgIpc) is 2.99. The van der Waals surface area contributed by atoms with Crippen molar-refractivity contribution in [1.82, 2.24) is 15.3 Å². The lowest BCUT2D eigenvalue weighted by Gasteiger charge is -2.20. The lowest BCUT2D eigenvalue weighted by atomic mass is 10.1. The van der Waals surface area contributed by atoms with E-state index >= 15 is 0 Å². The predicted octanol–water partition coefficient (Wildman–Crippen LogP) is 3.52. The van der Waals surface area contributed by atoms with Crippen LogP contribution in [0.4, 0.5) is 5.82 Å². The van der Waals surface area contributed by atoms with Gasteiger partial charge in [0.15, 0.2) is 0 Å². The van der Waals surface area contributed by atoms with Crippen LogP contribution in [0.25, 0.3) is 32.7 Å². The fourth-order valence-corrected chi connectivity index (χ4v) is 3.19. The number of likely N-dealkylation sites (N-methyl/N-ethyl adjacent to an activating group) is 2. The van der Waals surface area contributed by atoms with E-state index in [9.17, 15) is 0 Å². The van der Waals surface area contributed by atoms with Crippen LogP contribution in [-0.4, -0.2) is 37.2 Å². The highest BCUT2D eigenvalue weighted by molar-refractivity contribution is 6.20. The van der Waals surface area contributed by atoms with E-state index in [1.807, 2.05) is 13.1 Å². The van der Waals surface area contributed by atoms with Gasteiger partial charge in [0.25, 0.3) is 0 Å². The van der Waals surface area contributed by atoms with Gasteiger partial charge in [-0.2, -0.15) is 0 Å². The second kappa shape index (κ2) is 5.56. The third kappa shape index (κ3) is 2.23. The molecule has 2 aromatic carbocycles. The van der Waals surface area contributed by atoms with E-state index in [0.29, 0.717) is 0 Å². The number of benzene rings is 2. The van der Waals surface area contributed by atoms with Crippen molar-refractivity contribution < 1.29 is 0 Å². The Morgan fingerprint density at radius 2 is 1.78 bits per heavy atom. The summed E-state index contributed by atoms with van der Waals surface area (Å²) in [6.07, 6.45) is 0. The van der Waals surface area contributed by atoms with E-state index in [2.05, 4.69) is 64.7 Å². The number of pyridine rings is 1. The molecule has 2 heterocycles. The van der Waals surface area contributed by atoms with Gasteiger partial charge in [-0.3, -0.25) is 0 Å². The van der Waals surface area contributed by atoms with Crippen molar-refractivity contribution in [2.45, 2.75) is 0 Å².